The Morgan fingerprint density at radius 3 is 2.18 bits per heavy atom. The van der Waals surface area contributed by atoms with Gasteiger partial charge in [0.05, 0.1) is 6.10 Å². The van der Waals surface area contributed by atoms with Crippen LogP contribution in [0.4, 0.5) is 0 Å². The quantitative estimate of drug-likeness (QED) is 0.794. The third-order valence-electron chi connectivity index (χ3n) is 3.05. The van der Waals surface area contributed by atoms with Gasteiger partial charge in [0, 0.05) is 6.04 Å². The van der Waals surface area contributed by atoms with Crippen LogP contribution in [0.5, 0.6) is 0 Å². The molecule has 0 radical (unpaired) electrons. The fourth-order valence-corrected chi connectivity index (χ4v) is 1.77. The van der Waals surface area contributed by atoms with Gasteiger partial charge in [0.2, 0.25) is 0 Å². The number of benzene rings is 1. The molecule has 2 unspecified atom stereocenters. The number of nitrogens with one attached hydrogen (secondary N) is 1. The van der Waals surface area contributed by atoms with Gasteiger partial charge < -0.3 is 10.4 Å². The average molecular weight is 235 g/mol. The molecule has 1 aromatic rings. The molecule has 0 saturated carbocycles. The summed E-state index contributed by atoms with van der Waals surface area (Å²) in [6, 6.07) is 8.32. The minimum Gasteiger partial charge on any atom is -0.387 e. The van der Waals surface area contributed by atoms with E-state index < -0.39 is 6.10 Å². The molecule has 0 spiro atoms. The highest BCUT2D eigenvalue weighted by molar-refractivity contribution is 5.24. The third kappa shape index (κ3) is 4.49. The van der Waals surface area contributed by atoms with Gasteiger partial charge in [-0.3, -0.25) is 0 Å². The van der Waals surface area contributed by atoms with Crippen LogP contribution in [0, 0.1) is 5.92 Å². The van der Waals surface area contributed by atoms with Crippen molar-refractivity contribution in [3.63, 3.8) is 0 Å². The number of rotatable bonds is 6. The van der Waals surface area contributed by atoms with E-state index in [4.69, 9.17) is 0 Å². The van der Waals surface area contributed by atoms with E-state index >= 15 is 0 Å². The second-order valence-corrected chi connectivity index (χ2v) is 5.13. The molecule has 96 valence electrons. The molecule has 0 aliphatic carbocycles. The van der Waals surface area contributed by atoms with Crippen molar-refractivity contribution >= 4 is 0 Å². The Morgan fingerprint density at radius 2 is 1.71 bits per heavy atom. The van der Waals surface area contributed by atoms with E-state index in [0.29, 0.717) is 5.92 Å². The molecule has 0 aliphatic heterocycles. The van der Waals surface area contributed by atoms with Crippen LogP contribution in [-0.4, -0.2) is 17.7 Å². The summed E-state index contributed by atoms with van der Waals surface area (Å²) in [5.41, 5.74) is 2.30. The molecule has 2 atom stereocenters. The van der Waals surface area contributed by atoms with Crippen molar-refractivity contribution in [1.29, 1.82) is 0 Å². The molecule has 0 bridgehead atoms. The van der Waals surface area contributed by atoms with Crippen molar-refractivity contribution in [3.8, 4) is 0 Å². The Bertz CT molecular complexity index is 318. The van der Waals surface area contributed by atoms with Gasteiger partial charge in [-0.2, -0.15) is 0 Å². The summed E-state index contributed by atoms with van der Waals surface area (Å²) in [5.74, 6) is 0.604. The van der Waals surface area contributed by atoms with Gasteiger partial charge in [-0.05, 0) is 36.9 Å². The van der Waals surface area contributed by atoms with Crippen molar-refractivity contribution in [3.05, 3.63) is 35.4 Å². The van der Waals surface area contributed by atoms with E-state index in [2.05, 4.69) is 38.2 Å². The fraction of sp³-hybridized carbons (Fsp3) is 0.600. The highest BCUT2D eigenvalue weighted by atomic mass is 16.3. The van der Waals surface area contributed by atoms with Gasteiger partial charge in [-0.1, -0.05) is 45.0 Å². The minimum absolute atomic E-state index is 0.0878. The van der Waals surface area contributed by atoms with Crippen molar-refractivity contribution in [2.75, 3.05) is 6.54 Å². The second-order valence-electron chi connectivity index (χ2n) is 5.13. The van der Waals surface area contributed by atoms with Crippen LogP contribution in [0.25, 0.3) is 0 Å². The summed E-state index contributed by atoms with van der Waals surface area (Å²) < 4.78 is 0. The molecule has 0 aliphatic rings. The predicted octanol–water partition coefficient (Wildman–Crippen LogP) is 2.92. The highest BCUT2D eigenvalue weighted by Crippen LogP contribution is 2.17. The van der Waals surface area contributed by atoms with Crippen molar-refractivity contribution in [2.24, 2.45) is 5.92 Å². The van der Waals surface area contributed by atoms with Crippen molar-refractivity contribution in [1.82, 2.24) is 5.32 Å². The maximum atomic E-state index is 10.2. The van der Waals surface area contributed by atoms with Crippen molar-refractivity contribution in [2.45, 2.75) is 46.3 Å². The number of aliphatic hydroxyl groups is 1. The standard InChI is InChI=1S/C15H25NO/c1-5-13-6-8-14(9-7-13)15(17)12(4)16-10-11(2)3/h6-9,11-12,15-17H,5,10H2,1-4H3. The zero-order valence-corrected chi connectivity index (χ0v) is 11.4. The molecule has 0 saturated heterocycles. The zero-order valence-electron chi connectivity index (χ0n) is 11.4. The summed E-state index contributed by atoms with van der Waals surface area (Å²) >= 11 is 0. The van der Waals surface area contributed by atoms with Gasteiger partial charge >= 0.3 is 0 Å². The Balaban J connectivity index is 2.58. The highest BCUT2D eigenvalue weighted by Gasteiger charge is 2.15. The number of aliphatic hydroxyl groups excluding tert-OH is 1. The molecule has 17 heavy (non-hydrogen) atoms. The van der Waals surface area contributed by atoms with Crippen LogP contribution < -0.4 is 5.32 Å². The molecule has 2 heteroatoms. The molecular formula is C15H25NO. The first-order chi connectivity index (χ1) is 8.04. The number of hydrogen-bond acceptors (Lipinski definition) is 2. The fourth-order valence-electron chi connectivity index (χ4n) is 1.77. The van der Waals surface area contributed by atoms with Crippen LogP contribution >= 0.6 is 0 Å². The molecule has 2 nitrogen and oxygen atoms in total. The lowest BCUT2D eigenvalue weighted by molar-refractivity contribution is 0.134. The average Bonchev–Trinajstić information content (AvgIpc) is 2.35. The van der Waals surface area contributed by atoms with E-state index in [-0.39, 0.29) is 6.04 Å². The smallest absolute Gasteiger partial charge is 0.0940 e. The lowest BCUT2D eigenvalue weighted by Gasteiger charge is -2.22. The Hall–Kier alpha value is -0.860. The lowest BCUT2D eigenvalue weighted by atomic mass is 10.0. The van der Waals surface area contributed by atoms with E-state index in [1.807, 2.05) is 19.1 Å². The Morgan fingerprint density at radius 1 is 1.12 bits per heavy atom. The molecule has 0 fully saturated rings. The van der Waals surface area contributed by atoms with E-state index in [0.717, 1.165) is 18.5 Å². The van der Waals surface area contributed by atoms with Crippen LogP contribution in [0.2, 0.25) is 0 Å². The van der Waals surface area contributed by atoms with Gasteiger partial charge in [0.1, 0.15) is 0 Å². The summed E-state index contributed by atoms with van der Waals surface area (Å²) in [4.78, 5) is 0. The van der Waals surface area contributed by atoms with Crippen LogP contribution in [-0.2, 0) is 6.42 Å². The zero-order chi connectivity index (χ0) is 12.8. The Kier molecular flexibility index (Phi) is 5.66. The maximum absolute atomic E-state index is 10.2. The SMILES string of the molecule is CCc1ccc(C(O)C(C)NCC(C)C)cc1. The molecule has 0 amide bonds. The van der Waals surface area contributed by atoms with E-state index in [9.17, 15) is 5.11 Å². The monoisotopic (exact) mass is 235 g/mol. The summed E-state index contributed by atoms with van der Waals surface area (Å²) in [5, 5.41) is 13.6. The first-order valence-electron chi connectivity index (χ1n) is 6.54. The van der Waals surface area contributed by atoms with Gasteiger partial charge in [0.25, 0.3) is 0 Å². The normalized spacial score (nSPS) is 14.9. The minimum atomic E-state index is -0.431. The van der Waals surface area contributed by atoms with Crippen molar-refractivity contribution < 1.29 is 5.11 Å². The van der Waals surface area contributed by atoms with Gasteiger partial charge in [-0.25, -0.2) is 0 Å². The van der Waals surface area contributed by atoms with Gasteiger partial charge in [-0.15, -0.1) is 0 Å². The third-order valence-corrected chi connectivity index (χ3v) is 3.05. The molecule has 0 heterocycles. The molecule has 2 N–H and O–H groups in total. The molecule has 1 aromatic carbocycles. The van der Waals surface area contributed by atoms with Crippen LogP contribution in [0.1, 0.15) is 44.9 Å². The second kappa shape index (κ2) is 6.77. The van der Waals surface area contributed by atoms with Crippen LogP contribution in [0.15, 0.2) is 24.3 Å². The first kappa shape index (κ1) is 14.2. The number of aryl methyl sites for hydroxylation is 1. The summed E-state index contributed by atoms with van der Waals surface area (Å²) in [6.07, 6.45) is 0.608. The number of hydrogen-bond donors (Lipinski definition) is 2. The molecule has 0 aromatic heterocycles. The maximum Gasteiger partial charge on any atom is 0.0940 e. The Labute approximate surface area is 105 Å². The van der Waals surface area contributed by atoms with E-state index in [1.165, 1.54) is 5.56 Å². The van der Waals surface area contributed by atoms with Gasteiger partial charge in [0.15, 0.2) is 0 Å². The van der Waals surface area contributed by atoms with Crippen LogP contribution in [0.3, 0.4) is 0 Å². The first-order valence-corrected chi connectivity index (χ1v) is 6.54. The van der Waals surface area contributed by atoms with E-state index in [1.54, 1.807) is 0 Å². The topological polar surface area (TPSA) is 32.3 Å². The largest absolute Gasteiger partial charge is 0.387 e. The summed E-state index contributed by atoms with van der Waals surface area (Å²) in [7, 11) is 0. The lowest BCUT2D eigenvalue weighted by Crippen LogP contribution is -2.34. The molecular weight excluding hydrogens is 210 g/mol. The predicted molar refractivity (Wildman–Crippen MR) is 73.1 cm³/mol. The molecule has 1 rings (SSSR count). The summed E-state index contributed by atoms with van der Waals surface area (Å²) in [6.45, 7) is 9.44.